The van der Waals surface area contributed by atoms with Crippen LogP contribution in [0.25, 0.3) is 11.0 Å². The van der Waals surface area contributed by atoms with Crippen molar-refractivity contribution < 1.29 is 4.42 Å². The zero-order chi connectivity index (χ0) is 11.7. The predicted molar refractivity (Wildman–Crippen MR) is 70.3 cm³/mol. The Morgan fingerprint density at radius 3 is 3.12 bits per heavy atom. The fourth-order valence-corrected chi connectivity index (χ4v) is 2.87. The largest absolute Gasteiger partial charge is 0.464 e. The van der Waals surface area contributed by atoms with Crippen molar-refractivity contribution >= 4 is 11.0 Å². The highest BCUT2D eigenvalue weighted by Gasteiger charge is 2.15. The van der Waals surface area contributed by atoms with Crippen LogP contribution in [0.15, 0.2) is 28.9 Å². The topological polar surface area (TPSA) is 25.2 Å². The van der Waals surface area contributed by atoms with Crippen molar-refractivity contribution in [3.05, 3.63) is 35.6 Å². The van der Waals surface area contributed by atoms with Crippen molar-refractivity contribution in [1.29, 1.82) is 0 Å². The number of fused-ring (bicyclic) bond motifs is 1. The van der Waals surface area contributed by atoms with E-state index in [0.717, 1.165) is 12.0 Å². The van der Waals surface area contributed by atoms with Crippen LogP contribution >= 0.6 is 0 Å². The van der Waals surface area contributed by atoms with Crippen molar-refractivity contribution in [3.8, 4) is 0 Å². The molecule has 1 unspecified atom stereocenters. The number of benzene rings is 1. The van der Waals surface area contributed by atoms with E-state index in [1.165, 1.54) is 42.3 Å². The van der Waals surface area contributed by atoms with E-state index in [1.54, 1.807) is 0 Å². The molecule has 0 bridgehead atoms. The SMILES string of the molecule is Cc1coc2cccc(CC3CCCCN3)c12. The summed E-state index contributed by atoms with van der Waals surface area (Å²) in [6.45, 7) is 3.30. The highest BCUT2D eigenvalue weighted by atomic mass is 16.3. The number of nitrogens with one attached hydrogen (secondary N) is 1. The molecule has 1 saturated heterocycles. The first-order valence-electron chi connectivity index (χ1n) is 6.53. The third-order valence-corrected chi connectivity index (χ3v) is 3.75. The molecule has 0 aliphatic carbocycles. The third-order valence-electron chi connectivity index (χ3n) is 3.75. The van der Waals surface area contributed by atoms with Gasteiger partial charge in [0.15, 0.2) is 0 Å². The second kappa shape index (κ2) is 4.53. The minimum atomic E-state index is 0.642. The molecule has 1 atom stereocenters. The Balaban J connectivity index is 1.91. The number of hydrogen-bond acceptors (Lipinski definition) is 2. The highest BCUT2D eigenvalue weighted by molar-refractivity contribution is 5.84. The summed E-state index contributed by atoms with van der Waals surface area (Å²) in [7, 11) is 0. The van der Waals surface area contributed by atoms with E-state index in [2.05, 4.69) is 30.4 Å². The zero-order valence-electron chi connectivity index (χ0n) is 10.3. The first-order valence-corrected chi connectivity index (χ1v) is 6.53. The number of hydrogen-bond donors (Lipinski definition) is 1. The second-order valence-corrected chi connectivity index (χ2v) is 5.06. The summed E-state index contributed by atoms with van der Waals surface area (Å²) >= 11 is 0. The quantitative estimate of drug-likeness (QED) is 0.853. The molecule has 1 N–H and O–H groups in total. The van der Waals surface area contributed by atoms with Crippen molar-refractivity contribution in [1.82, 2.24) is 5.32 Å². The van der Waals surface area contributed by atoms with Crippen LogP contribution < -0.4 is 5.32 Å². The molecule has 1 aromatic heterocycles. The van der Waals surface area contributed by atoms with Crippen LogP contribution in [0.2, 0.25) is 0 Å². The molecule has 2 nitrogen and oxygen atoms in total. The standard InChI is InChI=1S/C15H19NO/c1-11-10-17-14-7-4-5-12(15(11)14)9-13-6-2-3-8-16-13/h4-5,7,10,13,16H,2-3,6,8-9H2,1H3. The van der Waals surface area contributed by atoms with Gasteiger partial charge in [-0.3, -0.25) is 0 Å². The Morgan fingerprint density at radius 1 is 1.35 bits per heavy atom. The Bertz CT molecular complexity index is 509. The van der Waals surface area contributed by atoms with Crippen LogP contribution in [0, 0.1) is 6.92 Å². The zero-order valence-corrected chi connectivity index (χ0v) is 10.3. The van der Waals surface area contributed by atoms with Gasteiger partial charge in [0.05, 0.1) is 6.26 Å². The van der Waals surface area contributed by atoms with E-state index in [0.29, 0.717) is 6.04 Å². The van der Waals surface area contributed by atoms with Crippen LogP contribution in [-0.2, 0) is 6.42 Å². The van der Waals surface area contributed by atoms with Crippen molar-refractivity contribution in [2.75, 3.05) is 6.54 Å². The average molecular weight is 229 g/mol. The minimum absolute atomic E-state index is 0.642. The van der Waals surface area contributed by atoms with E-state index in [-0.39, 0.29) is 0 Å². The molecule has 2 heterocycles. The molecule has 1 aliphatic rings. The molecule has 1 aliphatic heterocycles. The van der Waals surface area contributed by atoms with Gasteiger partial charge in [0, 0.05) is 11.4 Å². The summed E-state index contributed by atoms with van der Waals surface area (Å²) in [5.41, 5.74) is 3.70. The lowest BCUT2D eigenvalue weighted by Gasteiger charge is -2.23. The fraction of sp³-hybridized carbons (Fsp3) is 0.467. The van der Waals surface area contributed by atoms with Gasteiger partial charge in [-0.25, -0.2) is 0 Å². The van der Waals surface area contributed by atoms with Gasteiger partial charge in [0.2, 0.25) is 0 Å². The monoisotopic (exact) mass is 229 g/mol. The normalized spacial score (nSPS) is 20.9. The Hall–Kier alpha value is -1.28. The molecular formula is C15H19NO. The highest BCUT2D eigenvalue weighted by Crippen LogP contribution is 2.26. The number of furan rings is 1. The lowest BCUT2D eigenvalue weighted by Crippen LogP contribution is -2.35. The molecule has 90 valence electrons. The van der Waals surface area contributed by atoms with Gasteiger partial charge in [-0.2, -0.15) is 0 Å². The summed E-state index contributed by atoms with van der Waals surface area (Å²) in [5.74, 6) is 0. The van der Waals surface area contributed by atoms with Crippen LogP contribution in [0.1, 0.15) is 30.4 Å². The maximum atomic E-state index is 5.56. The Morgan fingerprint density at radius 2 is 2.29 bits per heavy atom. The van der Waals surface area contributed by atoms with Crippen LogP contribution in [0.5, 0.6) is 0 Å². The molecule has 2 aromatic rings. The van der Waals surface area contributed by atoms with Gasteiger partial charge >= 0.3 is 0 Å². The fourth-order valence-electron chi connectivity index (χ4n) is 2.87. The molecule has 3 rings (SSSR count). The molecule has 0 amide bonds. The molecule has 1 fully saturated rings. The third kappa shape index (κ3) is 2.09. The van der Waals surface area contributed by atoms with Gasteiger partial charge in [0.1, 0.15) is 5.58 Å². The summed E-state index contributed by atoms with van der Waals surface area (Å²) in [6.07, 6.45) is 6.97. The summed E-state index contributed by atoms with van der Waals surface area (Å²) in [6, 6.07) is 7.04. The number of rotatable bonds is 2. The molecule has 0 spiro atoms. The van der Waals surface area contributed by atoms with Gasteiger partial charge in [0.25, 0.3) is 0 Å². The lowest BCUT2D eigenvalue weighted by atomic mass is 9.95. The van der Waals surface area contributed by atoms with Crippen LogP contribution in [0.3, 0.4) is 0 Å². The van der Waals surface area contributed by atoms with Crippen LogP contribution in [0.4, 0.5) is 0 Å². The van der Waals surface area contributed by atoms with Crippen molar-refractivity contribution in [2.45, 2.75) is 38.6 Å². The Kier molecular flexibility index (Phi) is 2.89. The minimum Gasteiger partial charge on any atom is -0.464 e. The van der Waals surface area contributed by atoms with Crippen molar-refractivity contribution in [3.63, 3.8) is 0 Å². The molecule has 0 radical (unpaired) electrons. The summed E-state index contributed by atoms with van der Waals surface area (Å²) in [4.78, 5) is 0. The maximum Gasteiger partial charge on any atom is 0.134 e. The second-order valence-electron chi connectivity index (χ2n) is 5.06. The van der Waals surface area contributed by atoms with Crippen LogP contribution in [-0.4, -0.2) is 12.6 Å². The Labute approximate surface area is 102 Å². The van der Waals surface area contributed by atoms with E-state index in [4.69, 9.17) is 4.42 Å². The summed E-state index contributed by atoms with van der Waals surface area (Å²) < 4.78 is 5.56. The van der Waals surface area contributed by atoms with Gasteiger partial charge in [-0.1, -0.05) is 18.6 Å². The molecular weight excluding hydrogens is 210 g/mol. The molecule has 17 heavy (non-hydrogen) atoms. The number of piperidine rings is 1. The lowest BCUT2D eigenvalue weighted by molar-refractivity contribution is 0.400. The predicted octanol–water partition coefficient (Wildman–Crippen LogP) is 3.43. The molecule has 2 heteroatoms. The van der Waals surface area contributed by atoms with Gasteiger partial charge < -0.3 is 9.73 Å². The first kappa shape index (κ1) is 10.8. The smallest absolute Gasteiger partial charge is 0.134 e. The van der Waals surface area contributed by atoms with Crippen molar-refractivity contribution in [2.24, 2.45) is 0 Å². The first-order chi connectivity index (χ1) is 8.34. The van der Waals surface area contributed by atoms with E-state index in [9.17, 15) is 0 Å². The summed E-state index contributed by atoms with van der Waals surface area (Å²) in [5, 5.41) is 4.93. The van der Waals surface area contributed by atoms with E-state index < -0.39 is 0 Å². The maximum absolute atomic E-state index is 5.56. The average Bonchev–Trinajstić information content (AvgIpc) is 2.74. The molecule has 0 saturated carbocycles. The number of aryl methyl sites for hydroxylation is 1. The van der Waals surface area contributed by atoms with E-state index in [1.807, 2.05) is 6.26 Å². The molecule has 1 aromatic carbocycles. The van der Waals surface area contributed by atoms with E-state index >= 15 is 0 Å². The van der Waals surface area contributed by atoms with Gasteiger partial charge in [-0.05, 0) is 49.9 Å². The van der Waals surface area contributed by atoms with Gasteiger partial charge in [-0.15, -0.1) is 0 Å².